The second-order valence-electron chi connectivity index (χ2n) is 7.95. The number of anilines is 1. The number of hydrogen-bond acceptors (Lipinski definition) is 2. The zero-order chi connectivity index (χ0) is 20.9. The highest BCUT2D eigenvalue weighted by Gasteiger charge is 2.60. The molecule has 0 saturated heterocycles. The van der Waals surface area contributed by atoms with Gasteiger partial charge < -0.3 is 20.1 Å². The van der Waals surface area contributed by atoms with Gasteiger partial charge in [0.15, 0.2) is 5.54 Å². The van der Waals surface area contributed by atoms with Gasteiger partial charge in [0, 0.05) is 36.1 Å². The zero-order valence-electron chi connectivity index (χ0n) is 17.4. The van der Waals surface area contributed by atoms with Crippen LogP contribution in [0.3, 0.4) is 0 Å². The van der Waals surface area contributed by atoms with Gasteiger partial charge >= 0.3 is 6.03 Å². The third kappa shape index (κ3) is 2.30. The van der Waals surface area contributed by atoms with E-state index in [2.05, 4.69) is 23.3 Å². The lowest BCUT2D eigenvalue weighted by Crippen LogP contribution is -2.61. The van der Waals surface area contributed by atoms with Crippen molar-refractivity contribution in [1.29, 1.82) is 0 Å². The first-order valence-corrected chi connectivity index (χ1v) is 10.7. The van der Waals surface area contributed by atoms with Crippen molar-refractivity contribution < 1.29 is 9.59 Å². The van der Waals surface area contributed by atoms with Crippen LogP contribution in [-0.4, -0.2) is 41.5 Å². The number of amides is 3. The Balaban J connectivity index is 1.84. The maximum Gasteiger partial charge on any atom is 0.318 e. The van der Waals surface area contributed by atoms with Gasteiger partial charge in [-0.3, -0.25) is 4.79 Å². The molecular weight excluding hydrogens is 376 g/mol. The van der Waals surface area contributed by atoms with E-state index in [1.165, 1.54) is 0 Å². The Labute approximate surface area is 175 Å². The van der Waals surface area contributed by atoms with E-state index < -0.39 is 5.54 Å². The van der Waals surface area contributed by atoms with Crippen LogP contribution in [0.4, 0.5) is 10.5 Å². The molecule has 3 amide bonds. The molecule has 0 fully saturated rings. The number of aromatic nitrogens is 1. The fraction of sp³-hybridized carbons (Fsp3) is 0.333. The number of carbonyl (C=O) groups excluding carboxylic acids is 2. The molecule has 2 aliphatic heterocycles. The van der Waals surface area contributed by atoms with Gasteiger partial charge in [-0.05, 0) is 37.5 Å². The minimum atomic E-state index is -1.17. The van der Waals surface area contributed by atoms with Crippen LogP contribution >= 0.6 is 0 Å². The Morgan fingerprint density at radius 2 is 1.90 bits per heavy atom. The number of H-pyrrole nitrogens is 1. The number of fused-ring (bicyclic) bond motifs is 6. The van der Waals surface area contributed by atoms with E-state index in [9.17, 15) is 9.59 Å². The lowest BCUT2D eigenvalue weighted by Gasteiger charge is -2.43. The largest absolute Gasteiger partial charge is 0.355 e. The molecule has 6 nitrogen and oxygen atoms in total. The Bertz CT molecular complexity index is 1150. The van der Waals surface area contributed by atoms with Crippen LogP contribution in [-0.2, 0) is 16.8 Å². The Hall–Kier alpha value is -3.28. The van der Waals surface area contributed by atoms with Gasteiger partial charge in [-0.15, -0.1) is 0 Å². The molecule has 2 aromatic carbocycles. The van der Waals surface area contributed by atoms with Gasteiger partial charge in [0.1, 0.15) is 0 Å². The molecular formula is C24H26N4O2. The summed E-state index contributed by atoms with van der Waals surface area (Å²) in [5.41, 5.74) is 3.56. The minimum Gasteiger partial charge on any atom is -0.355 e. The normalized spacial score (nSPS) is 20.0. The zero-order valence-corrected chi connectivity index (χ0v) is 17.4. The van der Waals surface area contributed by atoms with E-state index >= 15 is 0 Å². The second-order valence-corrected chi connectivity index (χ2v) is 7.95. The maximum atomic E-state index is 14.2. The summed E-state index contributed by atoms with van der Waals surface area (Å²) in [6, 6.07) is 15.8. The SMILES string of the molecule is CCCN1C(=O)[C@]2(c3ccccc31)c1[nH]c3ccccc3c1CCN2C(=O)NCC. The van der Waals surface area contributed by atoms with Crippen molar-refractivity contribution in [2.45, 2.75) is 32.2 Å². The molecule has 1 aromatic heterocycles. The van der Waals surface area contributed by atoms with E-state index in [1.807, 2.05) is 54.3 Å². The van der Waals surface area contributed by atoms with Crippen LogP contribution < -0.4 is 10.2 Å². The molecule has 0 unspecified atom stereocenters. The Morgan fingerprint density at radius 1 is 1.13 bits per heavy atom. The summed E-state index contributed by atoms with van der Waals surface area (Å²) in [6.07, 6.45) is 1.55. The monoisotopic (exact) mass is 402 g/mol. The first-order chi connectivity index (χ1) is 14.6. The first kappa shape index (κ1) is 18.7. The first-order valence-electron chi connectivity index (χ1n) is 10.7. The van der Waals surface area contributed by atoms with Crippen molar-refractivity contribution in [1.82, 2.24) is 15.2 Å². The standard InChI is InChI=1S/C24H26N4O2/c1-3-14-27-20-12-8-6-10-18(20)24(22(27)29)21-17(13-15-28(24)23(30)25-4-2)16-9-5-7-11-19(16)26-21/h5-12,26H,3-4,13-15H2,1-2H3,(H,25,30)/t24-/m0/s1. The van der Waals surface area contributed by atoms with E-state index in [4.69, 9.17) is 0 Å². The van der Waals surface area contributed by atoms with Gasteiger partial charge in [0.05, 0.1) is 11.4 Å². The predicted octanol–water partition coefficient (Wildman–Crippen LogP) is 3.76. The summed E-state index contributed by atoms with van der Waals surface area (Å²) in [4.78, 5) is 34.5. The molecule has 3 aromatic rings. The summed E-state index contributed by atoms with van der Waals surface area (Å²) < 4.78 is 0. The molecule has 154 valence electrons. The summed E-state index contributed by atoms with van der Waals surface area (Å²) in [5.74, 6) is -0.0516. The average Bonchev–Trinajstić information content (AvgIpc) is 3.25. The van der Waals surface area contributed by atoms with Crippen LogP contribution in [0.5, 0.6) is 0 Å². The highest BCUT2D eigenvalue weighted by atomic mass is 16.2. The molecule has 30 heavy (non-hydrogen) atoms. The molecule has 5 rings (SSSR count). The van der Waals surface area contributed by atoms with E-state index in [-0.39, 0.29) is 11.9 Å². The average molecular weight is 402 g/mol. The number of rotatable bonds is 3. The van der Waals surface area contributed by atoms with Crippen LogP contribution in [0.15, 0.2) is 48.5 Å². The van der Waals surface area contributed by atoms with Crippen LogP contribution in [0, 0.1) is 0 Å². The molecule has 0 radical (unpaired) electrons. The number of benzene rings is 2. The number of para-hydroxylation sites is 2. The molecule has 1 spiro atoms. The molecule has 3 heterocycles. The molecule has 0 aliphatic carbocycles. The van der Waals surface area contributed by atoms with Crippen LogP contribution in [0.1, 0.15) is 37.1 Å². The van der Waals surface area contributed by atoms with Crippen molar-refractivity contribution in [3.63, 3.8) is 0 Å². The van der Waals surface area contributed by atoms with Gasteiger partial charge in [0.25, 0.3) is 5.91 Å². The maximum absolute atomic E-state index is 14.2. The quantitative estimate of drug-likeness (QED) is 0.701. The summed E-state index contributed by atoms with van der Waals surface area (Å²) in [7, 11) is 0. The van der Waals surface area contributed by atoms with Crippen molar-refractivity contribution in [3.05, 3.63) is 65.4 Å². The number of carbonyl (C=O) groups is 2. The second kappa shape index (κ2) is 6.90. The topological polar surface area (TPSA) is 68.4 Å². The Kier molecular flexibility index (Phi) is 4.31. The highest BCUT2D eigenvalue weighted by molar-refractivity contribution is 6.12. The fourth-order valence-corrected chi connectivity index (χ4v) is 5.18. The number of nitrogens with zero attached hydrogens (tertiary/aromatic N) is 2. The molecule has 2 aliphatic rings. The molecule has 0 bridgehead atoms. The van der Waals surface area contributed by atoms with Crippen LogP contribution in [0.2, 0.25) is 0 Å². The van der Waals surface area contributed by atoms with E-state index in [0.29, 0.717) is 26.1 Å². The summed E-state index contributed by atoms with van der Waals surface area (Å²) in [6.45, 7) is 5.59. The van der Waals surface area contributed by atoms with Gasteiger partial charge in [-0.25, -0.2) is 4.79 Å². The van der Waals surface area contributed by atoms with Crippen molar-refractivity contribution in [2.75, 3.05) is 24.5 Å². The molecule has 6 heteroatoms. The molecule has 2 N–H and O–H groups in total. The van der Waals surface area contributed by atoms with Gasteiger partial charge in [-0.1, -0.05) is 43.3 Å². The number of nitrogens with one attached hydrogen (secondary N) is 2. The van der Waals surface area contributed by atoms with E-state index in [1.54, 1.807) is 4.90 Å². The van der Waals surface area contributed by atoms with Gasteiger partial charge in [-0.2, -0.15) is 0 Å². The Morgan fingerprint density at radius 3 is 2.70 bits per heavy atom. The molecule has 1 atom stereocenters. The number of hydrogen-bond donors (Lipinski definition) is 2. The molecule has 0 saturated carbocycles. The lowest BCUT2D eigenvalue weighted by molar-refractivity contribution is -0.126. The summed E-state index contributed by atoms with van der Waals surface area (Å²) >= 11 is 0. The van der Waals surface area contributed by atoms with Gasteiger partial charge in [0.2, 0.25) is 0 Å². The number of aromatic amines is 1. The number of urea groups is 1. The predicted molar refractivity (Wildman–Crippen MR) is 118 cm³/mol. The summed E-state index contributed by atoms with van der Waals surface area (Å²) in [5, 5.41) is 4.06. The van der Waals surface area contributed by atoms with Crippen molar-refractivity contribution in [2.24, 2.45) is 0 Å². The van der Waals surface area contributed by atoms with E-state index in [0.717, 1.165) is 39.8 Å². The highest BCUT2D eigenvalue weighted by Crippen LogP contribution is 2.51. The van der Waals surface area contributed by atoms with Crippen LogP contribution in [0.25, 0.3) is 10.9 Å². The van der Waals surface area contributed by atoms with Crippen molar-refractivity contribution in [3.8, 4) is 0 Å². The lowest BCUT2D eigenvalue weighted by atomic mass is 9.80. The minimum absolute atomic E-state index is 0.0516. The third-order valence-electron chi connectivity index (χ3n) is 6.33. The third-order valence-corrected chi connectivity index (χ3v) is 6.33. The fourth-order valence-electron chi connectivity index (χ4n) is 5.18. The van der Waals surface area contributed by atoms with Crippen molar-refractivity contribution >= 4 is 28.5 Å². The smallest absolute Gasteiger partial charge is 0.318 e.